The van der Waals surface area contributed by atoms with Gasteiger partial charge in [-0.15, -0.1) is 0 Å². The van der Waals surface area contributed by atoms with Crippen molar-refractivity contribution in [2.24, 2.45) is 0 Å². The van der Waals surface area contributed by atoms with E-state index in [9.17, 15) is 8.78 Å². The topological polar surface area (TPSA) is 15.3 Å². The molecule has 21 heavy (non-hydrogen) atoms. The molecule has 0 aliphatic rings. The summed E-state index contributed by atoms with van der Waals surface area (Å²) in [7, 11) is 3.86. The molecule has 2 aromatic carbocycles. The molecule has 0 amide bonds. The van der Waals surface area contributed by atoms with E-state index in [1.807, 2.05) is 37.2 Å². The summed E-state index contributed by atoms with van der Waals surface area (Å²) in [5, 5.41) is 3.24. The Labute approximate surface area is 131 Å². The minimum absolute atomic E-state index is 0.305. The molecule has 2 aromatic rings. The average Bonchev–Trinajstić information content (AvgIpc) is 2.41. The monoisotopic (exact) mass is 354 g/mol. The lowest BCUT2D eigenvalue weighted by molar-refractivity contribution is 0.577. The molecule has 2 nitrogen and oxygen atoms in total. The van der Waals surface area contributed by atoms with Gasteiger partial charge in [-0.2, -0.15) is 0 Å². The van der Waals surface area contributed by atoms with Gasteiger partial charge in [0.1, 0.15) is 11.6 Å². The number of anilines is 2. The summed E-state index contributed by atoms with van der Waals surface area (Å²) in [6.07, 6.45) is 0. The molecular weight excluding hydrogens is 338 g/mol. The van der Waals surface area contributed by atoms with Gasteiger partial charge in [-0.05, 0) is 43.3 Å². The molecule has 1 unspecified atom stereocenters. The number of hydrogen-bond donors (Lipinski definition) is 1. The van der Waals surface area contributed by atoms with Crippen LogP contribution in [0.25, 0.3) is 0 Å². The van der Waals surface area contributed by atoms with E-state index in [0.29, 0.717) is 5.56 Å². The Kier molecular flexibility index (Phi) is 4.83. The predicted octanol–water partition coefficient (Wildman–Crippen LogP) is 4.97. The second kappa shape index (κ2) is 6.43. The summed E-state index contributed by atoms with van der Waals surface area (Å²) in [5.41, 5.74) is 2.13. The average molecular weight is 355 g/mol. The predicted molar refractivity (Wildman–Crippen MR) is 86.9 cm³/mol. The van der Waals surface area contributed by atoms with E-state index in [-0.39, 0.29) is 6.04 Å². The van der Waals surface area contributed by atoms with Crippen LogP contribution in [0.2, 0.25) is 0 Å². The zero-order chi connectivity index (χ0) is 15.6. The van der Waals surface area contributed by atoms with E-state index in [0.717, 1.165) is 28.0 Å². The van der Waals surface area contributed by atoms with Gasteiger partial charge in [0.05, 0.1) is 17.4 Å². The van der Waals surface area contributed by atoms with E-state index in [1.54, 1.807) is 6.92 Å². The number of rotatable bonds is 4. The fourth-order valence-corrected chi connectivity index (χ4v) is 2.53. The lowest BCUT2D eigenvalue weighted by atomic mass is 10.1. The molecule has 1 atom stereocenters. The van der Waals surface area contributed by atoms with Gasteiger partial charge in [0, 0.05) is 24.1 Å². The summed E-state index contributed by atoms with van der Waals surface area (Å²) in [6.45, 7) is 1.80. The van der Waals surface area contributed by atoms with Crippen molar-refractivity contribution < 1.29 is 8.78 Å². The van der Waals surface area contributed by atoms with Gasteiger partial charge in [-0.25, -0.2) is 8.78 Å². The van der Waals surface area contributed by atoms with Crippen LogP contribution in [0.3, 0.4) is 0 Å². The van der Waals surface area contributed by atoms with Gasteiger partial charge >= 0.3 is 0 Å². The van der Waals surface area contributed by atoms with Crippen molar-refractivity contribution in [2.45, 2.75) is 13.0 Å². The Balaban J connectivity index is 2.33. The number of benzene rings is 2. The first-order valence-electron chi connectivity index (χ1n) is 6.57. The van der Waals surface area contributed by atoms with Gasteiger partial charge in [-0.3, -0.25) is 0 Å². The highest BCUT2D eigenvalue weighted by Gasteiger charge is 2.14. The van der Waals surface area contributed by atoms with Crippen molar-refractivity contribution in [3.8, 4) is 0 Å². The van der Waals surface area contributed by atoms with Crippen LogP contribution in [0.1, 0.15) is 18.5 Å². The molecule has 1 N–H and O–H groups in total. The fraction of sp³-hybridized carbons (Fsp3) is 0.250. The van der Waals surface area contributed by atoms with Crippen molar-refractivity contribution in [3.05, 3.63) is 58.1 Å². The van der Waals surface area contributed by atoms with Crippen LogP contribution >= 0.6 is 15.9 Å². The van der Waals surface area contributed by atoms with Crippen LogP contribution in [-0.2, 0) is 0 Å². The zero-order valence-electron chi connectivity index (χ0n) is 12.1. The van der Waals surface area contributed by atoms with Crippen LogP contribution < -0.4 is 10.2 Å². The molecule has 0 heterocycles. The van der Waals surface area contributed by atoms with Gasteiger partial charge in [-0.1, -0.05) is 15.9 Å². The lowest BCUT2D eigenvalue weighted by Gasteiger charge is -2.23. The minimum Gasteiger partial charge on any atom is -0.377 e. The first kappa shape index (κ1) is 15.8. The standard InChI is InChI=1S/C16H17BrF2N2/c1-10(13-9-12(18)5-6-14(13)19)20-15-8-11(17)4-7-16(15)21(2)3/h4-10,20H,1-3H3. The van der Waals surface area contributed by atoms with Crippen LogP contribution in [-0.4, -0.2) is 14.1 Å². The zero-order valence-corrected chi connectivity index (χ0v) is 13.7. The smallest absolute Gasteiger partial charge is 0.128 e. The number of halogens is 3. The molecule has 0 saturated heterocycles. The van der Waals surface area contributed by atoms with Crippen LogP contribution in [0.15, 0.2) is 40.9 Å². The summed E-state index contributed by atoms with van der Waals surface area (Å²) in [4.78, 5) is 1.96. The molecule has 0 aliphatic heterocycles. The van der Waals surface area contributed by atoms with Crippen LogP contribution in [0.5, 0.6) is 0 Å². The quantitative estimate of drug-likeness (QED) is 0.833. The maximum Gasteiger partial charge on any atom is 0.128 e. The minimum atomic E-state index is -0.442. The molecule has 0 saturated carbocycles. The first-order valence-corrected chi connectivity index (χ1v) is 7.36. The first-order chi connectivity index (χ1) is 9.88. The Morgan fingerprint density at radius 3 is 2.48 bits per heavy atom. The number of hydrogen-bond acceptors (Lipinski definition) is 2. The second-order valence-electron chi connectivity index (χ2n) is 5.09. The third kappa shape index (κ3) is 3.73. The molecule has 0 spiro atoms. The molecule has 0 radical (unpaired) electrons. The van der Waals surface area contributed by atoms with E-state index >= 15 is 0 Å². The molecule has 0 bridgehead atoms. The highest BCUT2D eigenvalue weighted by Crippen LogP contribution is 2.31. The summed E-state index contributed by atoms with van der Waals surface area (Å²) in [6, 6.07) is 8.96. The molecule has 0 fully saturated rings. The Hall–Kier alpha value is -1.62. The molecule has 0 aromatic heterocycles. The normalized spacial score (nSPS) is 12.1. The van der Waals surface area contributed by atoms with E-state index in [4.69, 9.17) is 0 Å². The maximum atomic E-state index is 13.8. The van der Waals surface area contributed by atoms with E-state index in [2.05, 4.69) is 21.2 Å². The number of nitrogens with one attached hydrogen (secondary N) is 1. The molecule has 112 valence electrons. The van der Waals surface area contributed by atoms with Gasteiger partial charge < -0.3 is 10.2 Å². The lowest BCUT2D eigenvalue weighted by Crippen LogP contribution is -2.15. The largest absolute Gasteiger partial charge is 0.377 e. The van der Waals surface area contributed by atoms with Gasteiger partial charge in [0.2, 0.25) is 0 Å². The Morgan fingerprint density at radius 2 is 1.81 bits per heavy atom. The summed E-state index contributed by atoms with van der Waals surface area (Å²) in [5.74, 6) is -0.861. The molecular formula is C16H17BrF2N2. The summed E-state index contributed by atoms with van der Waals surface area (Å²) >= 11 is 3.43. The van der Waals surface area contributed by atoms with Crippen molar-refractivity contribution in [1.82, 2.24) is 0 Å². The SMILES string of the molecule is CC(Nc1cc(Br)ccc1N(C)C)c1cc(F)ccc1F. The summed E-state index contributed by atoms with van der Waals surface area (Å²) < 4.78 is 28.1. The van der Waals surface area contributed by atoms with Gasteiger partial charge in [0.25, 0.3) is 0 Å². The maximum absolute atomic E-state index is 13.8. The number of nitrogens with zero attached hydrogens (tertiary/aromatic N) is 1. The van der Waals surface area contributed by atoms with Crippen molar-refractivity contribution in [3.63, 3.8) is 0 Å². The van der Waals surface area contributed by atoms with E-state index < -0.39 is 11.6 Å². The fourth-order valence-electron chi connectivity index (χ4n) is 2.17. The van der Waals surface area contributed by atoms with Gasteiger partial charge in [0.15, 0.2) is 0 Å². The van der Waals surface area contributed by atoms with Crippen LogP contribution in [0.4, 0.5) is 20.2 Å². The molecule has 2 rings (SSSR count). The van der Waals surface area contributed by atoms with Crippen molar-refractivity contribution in [1.29, 1.82) is 0 Å². The second-order valence-corrected chi connectivity index (χ2v) is 6.00. The molecule has 0 aliphatic carbocycles. The third-order valence-corrected chi connectivity index (χ3v) is 3.73. The highest BCUT2D eigenvalue weighted by atomic mass is 79.9. The molecule has 5 heteroatoms. The third-order valence-electron chi connectivity index (χ3n) is 3.24. The Bertz CT molecular complexity index is 644. The Morgan fingerprint density at radius 1 is 1.10 bits per heavy atom. The van der Waals surface area contributed by atoms with E-state index in [1.165, 1.54) is 6.07 Å². The van der Waals surface area contributed by atoms with Crippen molar-refractivity contribution in [2.75, 3.05) is 24.3 Å². The van der Waals surface area contributed by atoms with Crippen molar-refractivity contribution >= 4 is 27.3 Å². The van der Waals surface area contributed by atoms with Crippen LogP contribution in [0, 0.1) is 11.6 Å². The highest BCUT2D eigenvalue weighted by molar-refractivity contribution is 9.10.